The van der Waals surface area contributed by atoms with Crippen molar-refractivity contribution in [3.05, 3.63) is 0 Å². The first kappa shape index (κ1) is 10.1. The smallest absolute Gasteiger partial charge is 0.156 e. The maximum absolute atomic E-state index is 11.4. The molecule has 1 aliphatic rings. The third-order valence-corrected chi connectivity index (χ3v) is 4.69. The van der Waals surface area contributed by atoms with Gasteiger partial charge in [-0.1, -0.05) is 0 Å². The highest BCUT2D eigenvalue weighted by molar-refractivity contribution is 8.21. The summed E-state index contributed by atoms with van der Waals surface area (Å²) in [5.41, 5.74) is 0. The van der Waals surface area contributed by atoms with E-state index in [0.29, 0.717) is 12.8 Å². The Kier molecular flexibility index (Phi) is 4.15. The number of Topliss-reactive ketones (excluding diaryl/α,β-unsaturated/α-hetero) is 2. The molecule has 0 atom stereocenters. The van der Waals surface area contributed by atoms with Crippen LogP contribution >= 0.6 is 23.5 Å². The van der Waals surface area contributed by atoms with E-state index in [2.05, 4.69) is 0 Å². The monoisotopic (exact) mass is 204 g/mol. The van der Waals surface area contributed by atoms with E-state index in [-0.39, 0.29) is 16.1 Å². The third kappa shape index (κ3) is 3.19. The molecule has 12 heavy (non-hydrogen) atoms. The van der Waals surface area contributed by atoms with E-state index in [9.17, 15) is 9.59 Å². The van der Waals surface area contributed by atoms with Crippen LogP contribution in [0.15, 0.2) is 0 Å². The second-order valence-electron chi connectivity index (χ2n) is 2.74. The topological polar surface area (TPSA) is 34.1 Å². The van der Waals surface area contributed by atoms with Gasteiger partial charge in [0, 0.05) is 24.3 Å². The fourth-order valence-electron chi connectivity index (χ4n) is 0.961. The number of thioether (sulfide) groups is 2. The molecule has 0 aliphatic carbocycles. The maximum atomic E-state index is 11.4. The van der Waals surface area contributed by atoms with Gasteiger partial charge in [-0.25, -0.2) is 0 Å². The summed E-state index contributed by atoms with van der Waals surface area (Å²) in [5, 5.41) is 0. The number of carbonyl (C=O) groups is 2. The summed E-state index contributed by atoms with van der Waals surface area (Å²) >= 11 is 3.41. The van der Waals surface area contributed by atoms with E-state index < -0.39 is 0 Å². The first-order chi connectivity index (χ1) is 5.70. The highest BCUT2D eigenvalue weighted by Crippen LogP contribution is 2.33. The lowest BCUT2D eigenvalue weighted by Gasteiger charge is -2.04. The molecular weight excluding hydrogens is 192 g/mol. The minimum atomic E-state index is 0.108. The Morgan fingerprint density at radius 1 is 1.25 bits per heavy atom. The standard InChI is InChI=1S/C8H12O2S2/c1-6(9)2-3-7(10)8-11-4-5-12-8/h8H,2-5H2,1H3. The fourth-order valence-corrected chi connectivity index (χ4v) is 3.73. The van der Waals surface area contributed by atoms with Gasteiger partial charge in [0.1, 0.15) is 10.4 Å². The van der Waals surface area contributed by atoms with E-state index in [1.54, 1.807) is 23.5 Å². The van der Waals surface area contributed by atoms with Gasteiger partial charge in [-0.05, 0) is 6.92 Å². The van der Waals surface area contributed by atoms with Crippen LogP contribution in [0.25, 0.3) is 0 Å². The van der Waals surface area contributed by atoms with Gasteiger partial charge < -0.3 is 4.79 Å². The Morgan fingerprint density at radius 2 is 1.83 bits per heavy atom. The number of hydrogen-bond acceptors (Lipinski definition) is 4. The summed E-state index contributed by atoms with van der Waals surface area (Å²) in [6.45, 7) is 1.53. The molecule has 1 rings (SSSR count). The van der Waals surface area contributed by atoms with Gasteiger partial charge in [0.2, 0.25) is 0 Å². The second kappa shape index (κ2) is 4.92. The zero-order chi connectivity index (χ0) is 8.97. The average Bonchev–Trinajstić information content (AvgIpc) is 2.51. The molecule has 0 spiro atoms. The van der Waals surface area contributed by atoms with E-state index in [1.807, 2.05) is 0 Å². The average molecular weight is 204 g/mol. The number of carbonyl (C=O) groups excluding carboxylic acids is 2. The van der Waals surface area contributed by atoms with Crippen molar-refractivity contribution in [2.24, 2.45) is 0 Å². The SMILES string of the molecule is CC(=O)CCC(=O)C1SCCS1. The lowest BCUT2D eigenvalue weighted by molar-refractivity contribution is -0.122. The number of ketones is 2. The molecule has 4 heteroatoms. The van der Waals surface area contributed by atoms with Crippen molar-refractivity contribution in [1.29, 1.82) is 0 Å². The minimum Gasteiger partial charge on any atom is -0.300 e. The van der Waals surface area contributed by atoms with Crippen LogP contribution in [0, 0.1) is 0 Å². The minimum absolute atomic E-state index is 0.108. The normalized spacial score (nSPS) is 18.1. The number of rotatable bonds is 4. The molecule has 0 aromatic carbocycles. The number of hydrogen-bond donors (Lipinski definition) is 0. The molecule has 0 saturated carbocycles. The first-order valence-corrected chi connectivity index (χ1v) is 6.05. The Labute approximate surface area is 80.9 Å². The van der Waals surface area contributed by atoms with Gasteiger partial charge in [0.15, 0.2) is 5.78 Å². The van der Waals surface area contributed by atoms with Crippen molar-refractivity contribution in [2.45, 2.75) is 24.3 Å². The summed E-state index contributed by atoms with van der Waals surface area (Å²) in [4.78, 5) is 22.0. The van der Waals surface area contributed by atoms with Gasteiger partial charge >= 0.3 is 0 Å². The van der Waals surface area contributed by atoms with Crippen molar-refractivity contribution in [2.75, 3.05) is 11.5 Å². The Morgan fingerprint density at radius 3 is 2.33 bits per heavy atom. The van der Waals surface area contributed by atoms with E-state index in [0.717, 1.165) is 11.5 Å². The summed E-state index contributed by atoms with van der Waals surface area (Å²) in [7, 11) is 0. The molecule has 0 amide bonds. The highest BCUT2D eigenvalue weighted by atomic mass is 32.2. The molecule has 0 unspecified atom stereocenters. The molecule has 1 aliphatic heterocycles. The first-order valence-electron chi connectivity index (χ1n) is 3.95. The van der Waals surface area contributed by atoms with E-state index in [4.69, 9.17) is 0 Å². The van der Waals surface area contributed by atoms with Crippen molar-refractivity contribution in [3.8, 4) is 0 Å². The molecule has 0 bridgehead atoms. The lowest BCUT2D eigenvalue weighted by Crippen LogP contribution is -2.11. The van der Waals surface area contributed by atoms with Gasteiger partial charge in [0.25, 0.3) is 0 Å². The zero-order valence-corrected chi connectivity index (χ0v) is 8.67. The molecule has 68 valence electrons. The molecule has 0 aromatic heterocycles. The van der Waals surface area contributed by atoms with Crippen LogP contribution in [0.3, 0.4) is 0 Å². The molecular formula is C8H12O2S2. The molecule has 0 radical (unpaired) electrons. The van der Waals surface area contributed by atoms with Gasteiger partial charge in [0.05, 0.1) is 0 Å². The Balaban J connectivity index is 2.23. The van der Waals surface area contributed by atoms with Crippen molar-refractivity contribution >= 4 is 35.1 Å². The summed E-state index contributed by atoms with van der Waals surface area (Å²) in [6, 6.07) is 0. The van der Waals surface area contributed by atoms with Crippen LogP contribution in [-0.2, 0) is 9.59 Å². The molecule has 1 fully saturated rings. The van der Waals surface area contributed by atoms with Crippen LogP contribution < -0.4 is 0 Å². The molecule has 0 N–H and O–H groups in total. The highest BCUT2D eigenvalue weighted by Gasteiger charge is 2.23. The van der Waals surface area contributed by atoms with Crippen LogP contribution in [-0.4, -0.2) is 27.7 Å². The Hall–Kier alpha value is 0.0400. The Bertz CT molecular complexity index is 185. The molecule has 2 nitrogen and oxygen atoms in total. The van der Waals surface area contributed by atoms with Crippen LogP contribution in [0.5, 0.6) is 0 Å². The fraction of sp³-hybridized carbons (Fsp3) is 0.750. The maximum Gasteiger partial charge on any atom is 0.156 e. The van der Waals surface area contributed by atoms with Crippen molar-refractivity contribution in [1.82, 2.24) is 0 Å². The zero-order valence-electron chi connectivity index (χ0n) is 7.04. The van der Waals surface area contributed by atoms with E-state index >= 15 is 0 Å². The van der Waals surface area contributed by atoms with Crippen LogP contribution in [0.2, 0.25) is 0 Å². The summed E-state index contributed by atoms with van der Waals surface area (Å²) in [6.07, 6.45) is 0.844. The molecule has 1 saturated heterocycles. The van der Waals surface area contributed by atoms with Gasteiger partial charge in [-0.3, -0.25) is 4.79 Å². The van der Waals surface area contributed by atoms with Gasteiger partial charge in [-0.2, -0.15) is 0 Å². The second-order valence-corrected chi connectivity index (χ2v) is 5.47. The van der Waals surface area contributed by atoms with Crippen LogP contribution in [0.4, 0.5) is 0 Å². The third-order valence-electron chi connectivity index (χ3n) is 1.61. The van der Waals surface area contributed by atoms with Crippen molar-refractivity contribution < 1.29 is 9.59 Å². The molecule has 1 heterocycles. The summed E-state index contributed by atoms with van der Waals surface area (Å²) in [5.74, 6) is 2.48. The predicted molar refractivity (Wildman–Crippen MR) is 53.6 cm³/mol. The quantitative estimate of drug-likeness (QED) is 0.698. The predicted octanol–water partition coefficient (Wildman–Crippen LogP) is 1.73. The lowest BCUT2D eigenvalue weighted by atomic mass is 10.2. The van der Waals surface area contributed by atoms with E-state index in [1.165, 1.54) is 6.92 Å². The van der Waals surface area contributed by atoms with Crippen LogP contribution in [0.1, 0.15) is 19.8 Å². The summed E-state index contributed by atoms with van der Waals surface area (Å²) < 4.78 is 0.115. The largest absolute Gasteiger partial charge is 0.300 e. The van der Waals surface area contributed by atoms with Gasteiger partial charge in [-0.15, -0.1) is 23.5 Å². The molecule has 0 aromatic rings. The van der Waals surface area contributed by atoms with Crippen molar-refractivity contribution in [3.63, 3.8) is 0 Å².